The highest BCUT2D eigenvalue weighted by molar-refractivity contribution is 7.71. The Balaban J connectivity index is 3.36. The van der Waals surface area contributed by atoms with Gasteiger partial charge in [0.1, 0.15) is 11.6 Å². The van der Waals surface area contributed by atoms with E-state index in [1.807, 2.05) is 14.1 Å². The summed E-state index contributed by atoms with van der Waals surface area (Å²) in [6, 6.07) is 1.73. The molecule has 0 atom stereocenters. The summed E-state index contributed by atoms with van der Waals surface area (Å²) < 4.78 is 2.24. The standard InChI is InChI=1S/C6H10N4S/c1-8-5-3-4(7)9-6(11)10(5)2/h3,8H,1-2H3,(H2,7,9,11). The lowest BCUT2D eigenvalue weighted by molar-refractivity contribution is 0.854. The average Bonchev–Trinajstić information content (AvgIpc) is 1.96. The van der Waals surface area contributed by atoms with E-state index in [9.17, 15) is 0 Å². The maximum Gasteiger partial charge on any atom is 0.202 e. The minimum atomic E-state index is 0.442. The summed E-state index contributed by atoms with van der Waals surface area (Å²) in [5.41, 5.74) is 5.47. The van der Waals surface area contributed by atoms with Crippen molar-refractivity contribution < 1.29 is 0 Å². The lowest BCUT2D eigenvalue weighted by Crippen LogP contribution is -2.05. The van der Waals surface area contributed by atoms with Crippen molar-refractivity contribution in [2.24, 2.45) is 7.05 Å². The highest BCUT2D eigenvalue weighted by Gasteiger charge is 1.96. The summed E-state index contributed by atoms with van der Waals surface area (Å²) in [6.45, 7) is 0. The Labute approximate surface area is 70.1 Å². The molecular weight excluding hydrogens is 160 g/mol. The van der Waals surface area contributed by atoms with Gasteiger partial charge in [-0.25, -0.2) is 4.98 Å². The van der Waals surface area contributed by atoms with Crippen molar-refractivity contribution in [3.05, 3.63) is 10.8 Å². The number of nitrogens with two attached hydrogens (primary N) is 1. The highest BCUT2D eigenvalue weighted by atomic mass is 32.1. The Morgan fingerprint density at radius 3 is 2.91 bits per heavy atom. The first-order chi connectivity index (χ1) is 5.15. The van der Waals surface area contributed by atoms with Crippen LogP contribution >= 0.6 is 12.2 Å². The van der Waals surface area contributed by atoms with Gasteiger partial charge in [-0.1, -0.05) is 0 Å². The molecule has 0 aromatic carbocycles. The molecule has 0 spiro atoms. The molecule has 1 rings (SSSR count). The van der Waals surface area contributed by atoms with Gasteiger partial charge in [0, 0.05) is 20.2 Å². The molecule has 5 heteroatoms. The minimum Gasteiger partial charge on any atom is -0.383 e. The smallest absolute Gasteiger partial charge is 0.202 e. The fraction of sp³-hybridized carbons (Fsp3) is 0.333. The van der Waals surface area contributed by atoms with Crippen molar-refractivity contribution in [3.8, 4) is 0 Å². The van der Waals surface area contributed by atoms with E-state index >= 15 is 0 Å². The Morgan fingerprint density at radius 2 is 2.36 bits per heavy atom. The zero-order valence-electron chi connectivity index (χ0n) is 6.46. The third-order valence-electron chi connectivity index (χ3n) is 1.41. The summed E-state index contributed by atoms with van der Waals surface area (Å²) in [4.78, 5) is 3.90. The molecule has 1 aromatic rings. The second kappa shape index (κ2) is 2.87. The summed E-state index contributed by atoms with van der Waals surface area (Å²) >= 11 is 4.93. The van der Waals surface area contributed by atoms with Crippen LogP contribution in [0.4, 0.5) is 11.6 Å². The molecule has 0 aliphatic carbocycles. The van der Waals surface area contributed by atoms with Crippen molar-refractivity contribution in [2.45, 2.75) is 0 Å². The van der Waals surface area contributed by atoms with Crippen molar-refractivity contribution in [2.75, 3.05) is 18.1 Å². The number of hydrogen-bond donors (Lipinski definition) is 2. The Kier molecular flexibility index (Phi) is 2.09. The van der Waals surface area contributed by atoms with Crippen LogP contribution in [0, 0.1) is 4.77 Å². The van der Waals surface area contributed by atoms with Gasteiger partial charge in [-0.05, 0) is 12.2 Å². The van der Waals surface area contributed by atoms with Crippen LogP contribution < -0.4 is 11.1 Å². The van der Waals surface area contributed by atoms with Gasteiger partial charge in [-0.3, -0.25) is 0 Å². The van der Waals surface area contributed by atoms with Crippen molar-refractivity contribution in [3.63, 3.8) is 0 Å². The molecular formula is C6H10N4S. The summed E-state index contributed by atoms with van der Waals surface area (Å²) in [7, 11) is 3.64. The number of nitrogens with one attached hydrogen (secondary N) is 1. The molecule has 0 unspecified atom stereocenters. The molecule has 0 aliphatic heterocycles. The van der Waals surface area contributed by atoms with Gasteiger partial charge in [0.25, 0.3) is 0 Å². The zero-order valence-corrected chi connectivity index (χ0v) is 7.27. The fourth-order valence-electron chi connectivity index (χ4n) is 0.798. The second-order valence-corrected chi connectivity index (χ2v) is 2.52. The molecule has 0 saturated carbocycles. The molecule has 0 fully saturated rings. The lowest BCUT2D eigenvalue weighted by Gasteiger charge is -2.07. The number of rotatable bonds is 1. The van der Waals surface area contributed by atoms with E-state index in [1.54, 1.807) is 10.6 Å². The van der Waals surface area contributed by atoms with E-state index in [2.05, 4.69) is 10.3 Å². The van der Waals surface area contributed by atoms with Crippen LogP contribution in [0.1, 0.15) is 0 Å². The second-order valence-electron chi connectivity index (χ2n) is 2.16. The third-order valence-corrected chi connectivity index (χ3v) is 1.78. The van der Waals surface area contributed by atoms with Crippen LogP contribution in [0.5, 0.6) is 0 Å². The summed E-state index contributed by atoms with van der Waals surface area (Å²) in [5, 5.41) is 2.95. The molecule has 0 saturated heterocycles. The molecule has 4 nitrogen and oxygen atoms in total. The van der Waals surface area contributed by atoms with E-state index in [4.69, 9.17) is 18.0 Å². The van der Waals surface area contributed by atoms with Crippen molar-refractivity contribution in [1.29, 1.82) is 0 Å². The lowest BCUT2D eigenvalue weighted by atomic mass is 10.5. The number of aromatic nitrogens is 2. The van der Waals surface area contributed by atoms with E-state index in [-0.39, 0.29) is 0 Å². The van der Waals surface area contributed by atoms with Gasteiger partial charge < -0.3 is 15.6 Å². The maximum atomic E-state index is 5.47. The number of nitrogen functional groups attached to an aromatic ring is 1. The van der Waals surface area contributed by atoms with Crippen LogP contribution in [0.3, 0.4) is 0 Å². The molecule has 1 heterocycles. The predicted molar refractivity (Wildman–Crippen MR) is 48.0 cm³/mol. The van der Waals surface area contributed by atoms with Crippen molar-refractivity contribution in [1.82, 2.24) is 9.55 Å². The van der Waals surface area contributed by atoms with Gasteiger partial charge in [0.15, 0.2) is 0 Å². The molecule has 0 amide bonds. The topological polar surface area (TPSA) is 55.9 Å². The maximum absolute atomic E-state index is 5.47. The normalized spacial score (nSPS) is 9.64. The largest absolute Gasteiger partial charge is 0.383 e. The summed E-state index contributed by atoms with van der Waals surface area (Å²) in [5.74, 6) is 1.31. The van der Waals surface area contributed by atoms with E-state index in [0.717, 1.165) is 5.82 Å². The van der Waals surface area contributed by atoms with Crippen LogP contribution in [0.2, 0.25) is 0 Å². The van der Waals surface area contributed by atoms with Gasteiger partial charge in [-0.15, -0.1) is 0 Å². The quantitative estimate of drug-likeness (QED) is 0.611. The van der Waals surface area contributed by atoms with Crippen LogP contribution in [0.25, 0.3) is 0 Å². The number of hydrogen-bond acceptors (Lipinski definition) is 4. The van der Waals surface area contributed by atoms with Crippen LogP contribution in [-0.4, -0.2) is 16.6 Å². The van der Waals surface area contributed by atoms with E-state index in [0.29, 0.717) is 10.6 Å². The van der Waals surface area contributed by atoms with E-state index in [1.165, 1.54) is 0 Å². The fourth-order valence-corrected chi connectivity index (χ4v) is 1.00. The van der Waals surface area contributed by atoms with E-state index < -0.39 is 0 Å². The minimum absolute atomic E-state index is 0.442. The Bertz CT molecular complexity index is 317. The third kappa shape index (κ3) is 1.48. The molecule has 0 aliphatic rings. The first-order valence-corrected chi connectivity index (χ1v) is 3.57. The van der Waals surface area contributed by atoms with Gasteiger partial charge in [-0.2, -0.15) is 0 Å². The number of anilines is 2. The first-order valence-electron chi connectivity index (χ1n) is 3.16. The number of nitrogens with zero attached hydrogens (tertiary/aromatic N) is 2. The van der Waals surface area contributed by atoms with Gasteiger partial charge in [0.2, 0.25) is 4.77 Å². The Hall–Kier alpha value is -1.10. The Morgan fingerprint density at radius 1 is 1.73 bits per heavy atom. The van der Waals surface area contributed by atoms with Gasteiger partial charge >= 0.3 is 0 Å². The molecule has 3 N–H and O–H groups in total. The highest BCUT2D eigenvalue weighted by Crippen LogP contribution is 2.08. The predicted octanol–water partition coefficient (Wildman–Crippen LogP) is 0.773. The van der Waals surface area contributed by atoms with Gasteiger partial charge in [0.05, 0.1) is 0 Å². The molecule has 1 aromatic heterocycles. The SMILES string of the molecule is CNc1cc(N)nc(=S)n1C. The van der Waals surface area contributed by atoms with Crippen LogP contribution in [0.15, 0.2) is 6.07 Å². The monoisotopic (exact) mass is 170 g/mol. The summed E-state index contributed by atoms with van der Waals surface area (Å²) in [6.07, 6.45) is 0. The molecule has 0 bridgehead atoms. The molecule has 11 heavy (non-hydrogen) atoms. The van der Waals surface area contributed by atoms with Crippen molar-refractivity contribution >= 4 is 23.9 Å². The molecule has 0 radical (unpaired) electrons. The molecule has 60 valence electrons. The van der Waals surface area contributed by atoms with Crippen LogP contribution in [-0.2, 0) is 7.05 Å². The zero-order chi connectivity index (χ0) is 8.43. The average molecular weight is 170 g/mol. The first kappa shape index (κ1) is 8.00.